The SMILES string of the molecule is COc1ccc(S(=O)(=O)NCc2cccnc2-n2cncn2)c2ccccc12. The molecule has 0 saturated carbocycles. The van der Waals surface area contributed by atoms with E-state index in [1.54, 1.807) is 49.7 Å². The Morgan fingerprint density at radius 3 is 2.64 bits per heavy atom. The zero-order valence-corrected chi connectivity index (χ0v) is 15.8. The fourth-order valence-electron chi connectivity index (χ4n) is 3.00. The Morgan fingerprint density at radius 1 is 1.07 bits per heavy atom. The lowest BCUT2D eigenvalue weighted by Gasteiger charge is -2.13. The Hall–Kier alpha value is -3.30. The monoisotopic (exact) mass is 395 g/mol. The van der Waals surface area contributed by atoms with Gasteiger partial charge in [0.25, 0.3) is 0 Å². The molecule has 28 heavy (non-hydrogen) atoms. The fourth-order valence-corrected chi connectivity index (χ4v) is 4.21. The molecular formula is C19H17N5O3S. The van der Waals surface area contributed by atoms with Gasteiger partial charge in [0.1, 0.15) is 18.4 Å². The van der Waals surface area contributed by atoms with Crippen LogP contribution in [0.15, 0.2) is 72.3 Å². The lowest BCUT2D eigenvalue weighted by Crippen LogP contribution is -2.24. The topological polar surface area (TPSA) is 99.0 Å². The number of nitrogens with zero attached hydrogens (tertiary/aromatic N) is 4. The number of methoxy groups -OCH3 is 1. The molecule has 2 aromatic heterocycles. The molecule has 0 spiro atoms. The van der Waals surface area contributed by atoms with Crippen LogP contribution in [0.3, 0.4) is 0 Å². The Morgan fingerprint density at radius 2 is 1.89 bits per heavy atom. The van der Waals surface area contributed by atoms with Crippen molar-refractivity contribution in [2.24, 2.45) is 0 Å². The average Bonchev–Trinajstić information content (AvgIpc) is 3.26. The number of benzene rings is 2. The summed E-state index contributed by atoms with van der Waals surface area (Å²) in [5.74, 6) is 1.14. The summed E-state index contributed by atoms with van der Waals surface area (Å²) in [6, 6.07) is 14.0. The van der Waals surface area contributed by atoms with Crippen LogP contribution in [0.5, 0.6) is 5.75 Å². The predicted octanol–water partition coefficient (Wildman–Crippen LogP) is 2.30. The summed E-state index contributed by atoms with van der Waals surface area (Å²) >= 11 is 0. The number of hydrogen-bond acceptors (Lipinski definition) is 6. The van der Waals surface area contributed by atoms with Gasteiger partial charge < -0.3 is 4.74 Å². The normalized spacial score (nSPS) is 11.6. The van der Waals surface area contributed by atoms with Gasteiger partial charge >= 0.3 is 0 Å². The molecule has 0 amide bonds. The summed E-state index contributed by atoms with van der Waals surface area (Å²) in [6.07, 6.45) is 4.52. The van der Waals surface area contributed by atoms with Gasteiger partial charge in [0.2, 0.25) is 10.0 Å². The van der Waals surface area contributed by atoms with Gasteiger partial charge in [-0.2, -0.15) is 5.10 Å². The predicted molar refractivity (Wildman–Crippen MR) is 104 cm³/mol. The van der Waals surface area contributed by atoms with Crippen molar-refractivity contribution < 1.29 is 13.2 Å². The first-order valence-corrected chi connectivity index (χ1v) is 9.93. The largest absolute Gasteiger partial charge is 0.496 e. The average molecular weight is 395 g/mol. The molecule has 2 heterocycles. The van der Waals surface area contributed by atoms with Gasteiger partial charge in [-0.25, -0.2) is 27.8 Å². The van der Waals surface area contributed by atoms with Crippen LogP contribution in [0.25, 0.3) is 16.6 Å². The third-order valence-corrected chi connectivity index (χ3v) is 5.77. The first-order chi connectivity index (χ1) is 13.6. The van der Waals surface area contributed by atoms with Gasteiger partial charge in [-0.15, -0.1) is 0 Å². The Labute approximate surface area is 161 Å². The van der Waals surface area contributed by atoms with E-state index in [0.717, 1.165) is 5.39 Å². The molecule has 0 aliphatic rings. The highest BCUT2D eigenvalue weighted by atomic mass is 32.2. The second-order valence-corrected chi connectivity index (χ2v) is 7.70. The minimum absolute atomic E-state index is 0.0612. The molecule has 4 aromatic rings. The highest BCUT2D eigenvalue weighted by Gasteiger charge is 2.19. The number of pyridine rings is 1. The summed E-state index contributed by atoms with van der Waals surface area (Å²) in [6.45, 7) is 0.0612. The van der Waals surface area contributed by atoms with Crippen molar-refractivity contribution in [3.05, 3.63) is 72.9 Å². The van der Waals surface area contributed by atoms with Crippen molar-refractivity contribution in [1.82, 2.24) is 24.5 Å². The maximum Gasteiger partial charge on any atom is 0.241 e. The summed E-state index contributed by atoms with van der Waals surface area (Å²) in [5, 5.41) is 5.39. The number of rotatable bonds is 6. The Balaban J connectivity index is 1.68. The number of sulfonamides is 1. The van der Waals surface area contributed by atoms with E-state index in [1.807, 2.05) is 12.1 Å². The number of aromatic nitrogens is 4. The summed E-state index contributed by atoms with van der Waals surface area (Å²) in [5.41, 5.74) is 0.675. The minimum atomic E-state index is -3.77. The standard InChI is InChI=1S/C19H17N5O3S/c1-27-17-8-9-18(16-7-3-2-6-15(16)17)28(25,26)23-11-14-5-4-10-21-19(14)24-13-20-12-22-24/h2-10,12-13,23H,11H2,1H3. The van der Waals surface area contributed by atoms with Gasteiger partial charge in [-0.05, 0) is 18.2 Å². The van der Waals surface area contributed by atoms with Gasteiger partial charge in [0.05, 0.1) is 12.0 Å². The molecular weight excluding hydrogens is 378 g/mol. The van der Waals surface area contributed by atoms with Crippen LogP contribution < -0.4 is 9.46 Å². The zero-order chi connectivity index (χ0) is 19.6. The van der Waals surface area contributed by atoms with E-state index in [4.69, 9.17) is 4.74 Å². The number of ether oxygens (including phenoxy) is 1. The third-order valence-electron chi connectivity index (χ3n) is 4.31. The van der Waals surface area contributed by atoms with Crippen molar-refractivity contribution >= 4 is 20.8 Å². The quantitative estimate of drug-likeness (QED) is 0.538. The summed E-state index contributed by atoms with van der Waals surface area (Å²) in [4.78, 5) is 8.37. The highest BCUT2D eigenvalue weighted by Crippen LogP contribution is 2.30. The highest BCUT2D eigenvalue weighted by molar-refractivity contribution is 7.89. The first kappa shape index (κ1) is 18.1. The lowest BCUT2D eigenvalue weighted by atomic mass is 10.1. The van der Waals surface area contributed by atoms with E-state index in [2.05, 4.69) is 19.8 Å². The van der Waals surface area contributed by atoms with Gasteiger partial charge in [0.15, 0.2) is 5.82 Å². The molecule has 1 N–H and O–H groups in total. The molecule has 0 atom stereocenters. The molecule has 0 bridgehead atoms. The molecule has 0 unspecified atom stereocenters. The maximum atomic E-state index is 13.0. The fraction of sp³-hybridized carbons (Fsp3) is 0.105. The summed E-state index contributed by atoms with van der Waals surface area (Å²) < 4.78 is 35.5. The van der Waals surface area contributed by atoms with Crippen molar-refractivity contribution in [2.75, 3.05) is 7.11 Å². The second kappa shape index (κ2) is 7.37. The zero-order valence-electron chi connectivity index (χ0n) is 15.0. The van der Waals surface area contributed by atoms with E-state index in [1.165, 1.54) is 17.3 Å². The van der Waals surface area contributed by atoms with E-state index >= 15 is 0 Å². The molecule has 0 aliphatic heterocycles. The van der Waals surface area contributed by atoms with Gasteiger partial charge in [-0.3, -0.25) is 0 Å². The number of fused-ring (bicyclic) bond motifs is 1. The molecule has 0 saturated heterocycles. The number of hydrogen-bond donors (Lipinski definition) is 1. The Kier molecular flexibility index (Phi) is 4.76. The number of nitrogens with one attached hydrogen (secondary N) is 1. The Bertz CT molecular complexity index is 1220. The molecule has 142 valence electrons. The molecule has 0 fully saturated rings. The van der Waals surface area contributed by atoms with Crippen molar-refractivity contribution in [2.45, 2.75) is 11.4 Å². The van der Waals surface area contributed by atoms with Crippen LogP contribution >= 0.6 is 0 Å². The molecule has 2 aromatic carbocycles. The van der Waals surface area contributed by atoms with Crippen LogP contribution in [-0.2, 0) is 16.6 Å². The van der Waals surface area contributed by atoms with Crippen molar-refractivity contribution in [3.63, 3.8) is 0 Å². The summed E-state index contributed by atoms with van der Waals surface area (Å²) in [7, 11) is -2.22. The molecule has 9 heteroatoms. The van der Waals surface area contributed by atoms with Crippen LogP contribution in [0, 0.1) is 0 Å². The van der Waals surface area contributed by atoms with E-state index < -0.39 is 10.0 Å². The van der Waals surface area contributed by atoms with E-state index in [-0.39, 0.29) is 11.4 Å². The molecule has 4 rings (SSSR count). The molecule has 0 radical (unpaired) electrons. The van der Waals surface area contributed by atoms with E-state index in [9.17, 15) is 8.42 Å². The van der Waals surface area contributed by atoms with Crippen molar-refractivity contribution in [1.29, 1.82) is 0 Å². The van der Waals surface area contributed by atoms with Crippen molar-refractivity contribution in [3.8, 4) is 11.6 Å². The maximum absolute atomic E-state index is 13.0. The van der Waals surface area contributed by atoms with Crippen LogP contribution in [0.2, 0.25) is 0 Å². The molecule has 0 aliphatic carbocycles. The lowest BCUT2D eigenvalue weighted by molar-refractivity contribution is 0.419. The second-order valence-electron chi connectivity index (χ2n) is 5.96. The van der Waals surface area contributed by atoms with Gasteiger partial charge in [0, 0.05) is 29.1 Å². The minimum Gasteiger partial charge on any atom is -0.496 e. The smallest absolute Gasteiger partial charge is 0.241 e. The first-order valence-electron chi connectivity index (χ1n) is 8.44. The van der Waals surface area contributed by atoms with Gasteiger partial charge in [-0.1, -0.05) is 30.3 Å². The van der Waals surface area contributed by atoms with Crippen LogP contribution in [0.4, 0.5) is 0 Å². The van der Waals surface area contributed by atoms with Crippen LogP contribution in [0.1, 0.15) is 5.56 Å². The van der Waals surface area contributed by atoms with E-state index in [0.29, 0.717) is 22.5 Å². The van der Waals surface area contributed by atoms with Crippen LogP contribution in [-0.4, -0.2) is 35.3 Å². The third kappa shape index (κ3) is 3.32. The molecule has 8 nitrogen and oxygen atoms in total.